The Morgan fingerprint density at radius 3 is 2.78 bits per heavy atom. The molecule has 1 aliphatic rings. The van der Waals surface area contributed by atoms with Crippen molar-refractivity contribution in [2.75, 3.05) is 18.9 Å². The standard InChI is InChI=1S/C14H16N4/c1-10-17-13(15-2)12(11-6-4-3-5-7-11)14-16-8-9-18(10)14/h3-7,16H,8-9H2,1-2H3. The van der Waals surface area contributed by atoms with Crippen molar-refractivity contribution in [3.05, 3.63) is 41.6 Å². The lowest BCUT2D eigenvalue weighted by Gasteiger charge is -2.13. The molecule has 1 aliphatic heterocycles. The highest BCUT2D eigenvalue weighted by Crippen LogP contribution is 2.27. The van der Waals surface area contributed by atoms with Gasteiger partial charge >= 0.3 is 0 Å². The molecular formula is C14H16N4. The van der Waals surface area contributed by atoms with Crippen LogP contribution < -0.4 is 10.8 Å². The highest BCUT2D eigenvalue weighted by Gasteiger charge is 2.18. The number of hydrogen-bond acceptors (Lipinski definition) is 3. The zero-order chi connectivity index (χ0) is 12.5. The maximum absolute atomic E-state index is 4.60. The highest BCUT2D eigenvalue weighted by molar-refractivity contribution is 5.75. The number of fused-ring (bicyclic) bond motifs is 1. The van der Waals surface area contributed by atoms with E-state index in [-0.39, 0.29) is 0 Å². The molecule has 0 atom stereocenters. The van der Waals surface area contributed by atoms with Crippen molar-refractivity contribution in [3.8, 4) is 11.1 Å². The van der Waals surface area contributed by atoms with E-state index in [1.54, 1.807) is 7.05 Å². The van der Waals surface area contributed by atoms with E-state index < -0.39 is 0 Å². The van der Waals surface area contributed by atoms with E-state index in [2.05, 4.69) is 32.0 Å². The zero-order valence-electron chi connectivity index (χ0n) is 10.6. The van der Waals surface area contributed by atoms with Crippen LogP contribution in [0.15, 0.2) is 35.3 Å². The zero-order valence-corrected chi connectivity index (χ0v) is 10.6. The van der Waals surface area contributed by atoms with Crippen LogP contribution in [0.25, 0.3) is 11.1 Å². The van der Waals surface area contributed by atoms with E-state index >= 15 is 0 Å². The van der Waals surface area contributed by atoms with Crippen molar-refractivity contribution in [3.63, 3.8) is 0 Å². The van der Waals surface area contributed by atoms with Gasteiger partial charge in [0.25, 0.3) is 0 Å². The number of benzene rings is 1. The topological polar surface area (TPSA) is 42.2 Å². The molecule has 1 N–H and O–H groups in total. The number of hydrogen-bond donors (Lipinski definition) is 1. The molecule has 0 radical (unpaired) electrons. The van der Waals surface area contributed by atoms with Crippen molar-refractivity contribution in [1.82, 2.24) is 9.55 Å². The average Bonchev–Trinajstić information content (AvgIpc) is 2.89. The Morgan fingerprint density at radius 2 is 2.06 bits per heavy atom. The number of aryl methyl sites for hydroxylation is 1. The minimum Gasteiger partial charge on any atom is -0.369 e. The van der Waals surface area contributed by atoms with E-state index in [1.165, 1.54) is 0 Å². The van der Waals surface area contributed by atoms with Crippen LogP contribution in [-0.2, 0) is 6.54 Å². The fraction of sp³-hybridized carbons (Fsp3) is 0.286. The third-order valence-electron chi connectivity index (χ3n) is 3.29. The van der Waals surface area contributed by atoms with Gasteiger partial charge in [0.2, 0.25) is 0 Å². The van der Waals surface area contributed by atoms with Crippen molar-refractivity contribution in [2.45, 2.75) is 13.5 Å². The fourth-order valence-corrected chi connectivity index (χ4v) is 2.45. The molecule has 0 amide bonds. The number of rotatable bonds is 1. The molecule has 3 rings (SSSR count). The minimum absolute atomic E-state index is 0.805. The maximum atomic E-state index is 4.60. The molecule has 2 heterocycles. The number of nitrogens with one attached hydrogen (secondary N) is 1. The Morgan fingerprint density at radius 1 is 1.28 bits per heavy atom. The van der Waals surface area contributed by atoms with Crippen LogP contribution >= 0.6 is 0 Å². The van der Waals surface area contributed by atoms with Crippen molar-refractivity contribution in [2.24, 2.45) is 4.99 Å². The lowest BCUT2D eigenvalue weighted by atomic mass is 10.1. The molecule has 0 aliphatic carbocycles. The first kappa shape index (κ1) is 11.0. The van der Waals surface area contributed by atoms with Gasteiger partial charge in [-0.2, -0.15) is 0 Å². The summed E-state index contributed by atoms with van der Waals surface area (Å²) in [5, 5.41) is 3.45. The van der Waals surface area contributed by atoms with Gasteiger partial charge in [-0.25, -0.2) is 4.98 Å². The molecule has 1 aromatic carbocycles. The van der Waals surface area contributed by atoms with Gasteiger partial charge in [-0.15, -0.1) is 0 Å². The average molecular weight is 240 g/mol. The monoisotopic (exact) mass is 240 g/mol. The SMILES string of the molecule is CN=c1nc(C)n2c(c1-c1ccccc1)NCC2. The molecule has 0 saturated carbocycles. The largest absolute Gasteiger partial charge is 0.369 e. The Bertz CT molecular complexity index is 641. The van der Waals surface area contributed by atoms with Crippen molar-refractivity contribution < 1.29 is 0 Å². The molecule has 0 bridgehead atoms. The van der Waals surface area contributed by atoms with Crippen LogP contribution in [-0.4, -0.2) is 23.1 Å². The van der Waals surface area contributed by atoms with Crippen molar-refractivity contribution >= 4 is 5.82 Å². The molecule has 18 heavy (non-hydrogen) atoms. The van der Waals surface area contributed by atoms with Crippen LogP contribution in [0.3, 0.4) is 0 Å². The molecular weight excluding hydrogens is 224 g/mol. The second-order valence-electron chi connectivity index (χ2n) is 4.37. The van der Waals surface area contributed by atoms with Crippen LogP contribution in [0.4, 0.5) is 5.82 Å². The molecule has 2 aromatic rings. The predicted molar refractivity (Wildman–Crippen MR) is 72.4 cm³/mol. The van der Waals surface area contributed by atoms with E-state index in [1.807, 2.05) is 25.1 Å². The second kappa shape index (κ2) is 4.29. The fourth-order valence-electron chi connectivity index (χ4n) is 2.45. The molecule has 92 valence electrons. The van der Waals surface area contributed by atoms with Crippen LogP contribution in [0.5, 0.6) is 0 Å². The Labute approximate surface area is 106 Å². The molecule has 1 aromatic heterocycles. The number of aromatic nitrogens is 2. The molecule has 0 unspecified atom stereocenters. The summed E-state index contributed by atoms with van der Waals surface area (Å²) in [6, 6.07) is 10.3. The summed E-state index contributed by atoms with van der Waals surface area (Å²) in [5.74, 6) is 2.14. The molecule has 0 fully saturated rings. The summed E-state index contributed by atoms with van der Waals surface area (Å²) in [6.45, 7) is 3.95. The highest BCUT2D eigenvalue weighted by atomic mass is 15.2. The van der Waals surface area contributed by atoms with Gasteiger partial charge in [-0.1, -0.05) is 30.3 Å². The van der Waals surface area contributed by atoms with Crippen LogP contribution in [0, 0.1) is 6.92 Å². The van der Waals surface area contributed by atoms with Crippen LogP contribution in [0.2, 0.25) is 0 Å². The van der Waals surface area contributed by atoms with Gasteiger partial charge in [0.1, 0.15) is 11.6 Å². The quantitative estimate of drug-likeness (QED) is 0.826. The van der Waals surface area contributed by atoms with Gasteiger partial charge < -0.3 is 9.88 Å². The maximum Gasteiger partial charge on any atom is 0.160 e. The summed E-state index contributed by atoms with van der Waals surface area (Å²) in [7, 11) is 1.79. The van der Waals surface area contributed by atoms with E-state index in [9.17, 15) is 0 Å². The minimum atomic E-state index is 0.805. The third kappa shape index (κ3) is 1.61. The van der Waals surface area contributed by atoms with Gasteiger partial charge in [-0.05, 0) is 12.5 Å². The molecule has 4 heteroatoms. The summed E-state index contributed by atoms with van der Waals surface area (Å²) in [4.78, 5) is 8.92. The summed E-state index contributed by atoms with van der Waals surface area (Å²) in [5.41, 5.74) is 3.06. The van der Waals surface area contributed by atoms with E-state index in [0.717, 1.165) is 41.3 Å². The second-order valence-corrected chi connectivity index (χ2v) is 4.37. The predicted octanol–water partition coefficient (Wildman–Crippen LogP) is 1.81. The number of nitrogens with zero attached hydrogens (tertiary/aromatic N) is 3. The first-order valence-electron chi connectivity index (χ1n) is 6.15. The van der Waals surface area contributed by atoms with Gasteiger partial charge in [0, 0.05) is 20.1 Å². The molecule has 0 spiro atoms. The lowest BCUT2D eigenvalue weighted by Crippen LogP contribution is -2.18. The van der Waals surface area contributed by atoms with Crippen LogP contribution in [0.1, 0.15) is 5.82 Å². The van der Waals surface area contributed by atoms with Gasteiger partial charge in [0.05, 0.1) is 5.56 Å². The van der Waals surface area contributed by atoms with Gasteiger partial charge in [-0.3, -0.25) is 4.99 Å². The summed E-state index contributed by atoms with van der Waals surface area (Å²) in [6.07, 6.45) is 0. The summed E-state index contributed by atoms with van der Waals surface area (Å²) < 4.78 is 2.22. The smallest absolute Gasteiger partial charge is 0.160 e. The molecule has 4 nitrogen and oxygen atoms in total. The third-order valence-corrected chi connectivity index (χ3v) is 3.29. The normalized spacial score (nSPS) is 14.4. The number of anilines is 1. The van der Waals surface area contributed by atoms with E-state index in [4.69, 9.17) is 0 Å². The lowest BCUT2D eigenvalue weighted by molar-refractivity contribution is 0.735. The van der Waals surface area contributed by atoms with Gasteiger partial charge in [0.15, 0.2) is 5.49 Å². The molecule has 0 saturated heterocycles. The summed E-state index contributed by atoms with van der Waals surface area (Å²) >= 11 is 0. The first-order chi connectivity index (χ1) is 8.81. The Kier molecular flexibility index (Phi) is 2.63. The van der Waals surface area contributed by atoms with Crippen molar-refractivity contribution in [1.29, 1.82) is 0 Å². The Balaban J connectivity index is 2.36. The first-order valence-corrected chi connectivity index (χ1v) is 6.15. The Hall–Kier alpha value is -2.10. The van der Waals surface area contributed by atoms with E-state index in [0.29, 0.717) is 0 Å².